The molecule has 0 radical (unpaired) electrons. The summed E-state index contributed by atoms with van der Waals surface area (Å²) >= 11 is 0. The fourth-order valence-corrected chi connectivity index (χ4v) is 3.77. The van der Waals surface area contributed by atoms with Crippen molar-refractivity contribution >= 4 is 23.4 Å². The number of piperidine rings is 1. The van der Waals surface area contributed by atoms with Gasteiger partial charge >= 0.3 is 0 Å². The summed E-state index contributed by atoms with van der Waals surface area (Å²) in [5, 5.41) is 25.8. The minimum atomic E-state index is 0.0693. The number of rotatable bonds is 9. The fourth-order valence-electron chi connectivity index (χ4n) is 3.77. The van der Waals surface area contributed by atoms with Crippen molar-refractivity contribution in [3.05, 3.63) is 41.7 Å². The molecule has 0 spiro atoms. The van der Waals surface area contributed by atoms with Crippen molar-refractivity contribution in [2.75, 3.05) is 52.3 Å². The zero-order valence-electron chi connectivity index (χ0n) is 19.1. The number of benzene rings is 1. The number of anilines is 1. The number of hydrogen-bond donors (Lipinski definition) is 4. The van der Waals surface area contributed by atoms with Gasteiger partial charge in [-0.2, -0.15) is 5.26 Å². The molecule has 9 nitrogen and oxygen atoms in total. The van der Waals surface area contributed by atoms with Crippen LogP contribution < -0.4 is 21.1 Å². The summed E-state index contributed by atoms with van der Waals surface area (Å²) in [5.41, 5.74) is 14.3. The second kappa shape index (κ2) is 11.8. The largest absolute Gasteiger partial charge is 0.491 e. The van der Waals surface area contributed by atoms with E-state index in [1.54, 1.807) is 13.1 Å². The average Bonchev–Trinajstić information content (AvgIpc) is 2.81. The lowest BCUT2D eigenvalue weighted by Gasteiger charge is -2.36. The van der Waals surface area contributed by atoms with E-state index < -0.39 is 0 Å². The molecule has 1 aromatic carbocycles. The summed E-state index contributed by atoms with van der Waals surface area (Å²) in [4.78, 5) is 5.72. The third-order valence-corrected chi connectivity index (χ3v) is 5.59. The highest BCUT2D eigenvalue weighted by Crippen LogP contribution is 2.38. The van der Waals surface area contributed by atoms with E-state index in [2.05, 4.69) is 11.0 Å². The molecule has 1 aromatic rings. The van der Waals surface area contributed by atoms with Gasteiger partial charge in [0.25, 0.3) is 0 Å². The summed E-state index contributed by atoms with van der Waals surface area (Å²) in [5.74, 6) is 1.05. The van der Waals surface area contributed by atoms with Crippen molar-refractivity contribution in [2.45, 2.75) is 12.8 Å². The highest BCUT2D eigenvalue weighted by molar-refractivity contribution is 5.91. The zero-order valence-corrected chi connectivity index (χ0v) is 19.1. The van der Waals surface area contributed by atoms with Crippen molar-refractivity contribution in [3.8, 4) is 11.8 Å². The number of nitrogens with one attached hydrogen (secondary N) is 2. The van der Waals surface area contributed by atoms with Gasteiger partial charge in [0.1, 0.15) is 29.8 Å². The Bertz CT molecular complexity index is 907. The van der Waals surface area contributed by atoms with E-state index in [9.17, 15) is 5.26 Å². The first-order chi connectivity index (χ1) is 15.4. The van der Waals surface area contributed by atoms with Crippen molar-refractivity contribution in [2.24, 2.45) is 17.4 Å². The Morgan fingerprint density at radius 3 is 2.50 bits per heavy atom. The molecule has 0 atom stereocenters. The van der Waals surface area contributed by atoms with Crippen LogP contribution in [0.5, 0.6) is 5.75 Å². The van der Waals surface area contributed by atoms with Gasteiger partial charge in [-0.1, -0.05) is 0 Å². The Morgan fingerprint density at radius 2 is 1.97 bits per heavy atom. The lowest BCUT2D eigenvalue weighted by atomic mass is 9.92. The standard InChI is InChI=1S/C23H34N8O/c1-29(2)12-13-32-21-5-4-19(18(14-25)6-9-24)22(20(21)15-26)31-10-7-17(8-11-31)23(28)30(3)16-27/h4-6,9,14,16-17,27-28H,7-8,10-13,24-25H2,1-3H3/b9-6-,18-14+,27-16?,28-23?. The molecular weight excluding hydrogens is 404 g/mol. The predicted molar refractivity (Wildman–Crippen MR) is 130 cm³/mol. The topological polar surface area (TPSA) is 142 Å². The smallest absolute Gasteiger partial charge is 0.139 e. The lowest BCUT2D eigenvalue weighted by Crippen LogP contribution is -2.41. The lowest BCUT2D eigenvalue weighted by molar-refractivity contribution is 0.261. The number of hydrogen-bond acceptors (Lipinski definition) is 8. The Morgan fingerprint density at radius 1 is 1.28 bits per heavy atom. The van der Waals surface area contributed by atoms with Gasteiger partial charge < -0.3 is 30.9 Å². The van der Waals surface area contributed by atoms with E-state index in [0.717, 1.165) is 42.5 Å². The molecule has 0 amide bonds. The van der Waals surface area contributed by atoms with E-state index in [1.807, 2.05) is 31.1 Å². The maximum absolute atomic E-state index is 10.1. The molecule has 0 unspecified atom stereocenters. The van der Waals surface area contributed by atoms with Crippen LogP contribution in [0.2, 0.25) is 0 Å². The third kappa shape index (κ3) is 5.80. The zero-order chi connectivity index (χ0) is 23.7. The number of likely N-dealkylation sites (N-methyl/N-ethyl adjacent to an activating group) is 1. The first-order valence-electron chi connectivity index (χ1n) is 10.6. The Kier molecular flexibility index (Phi) is 9.10. The first-order valence-corrected chi connectivity index (χ1v) is 10.6. The molecule has 1 aliphatic rings. The van der Waals surface area contributed by atoms with Crippen LogP contribution in [0.15, 0.2) is 30.6 Å². The van der Waals surface area contributed by atoms with E-state index in [4.69, 9.17) is 27.0 Å². The number of nitriles is 1. The van der Waals surface area contributed by atoms with Gasteiger partial charge in [0, 0.05) is 49.9 Å². The Hall–Kier alpha value is -3.51. The van der Waals surface area contributed by atoms with Gasteiger partial charge in [-0.25, -0.2) is 0 Å². The van der Waals surface area contributed by atoms with Crippen LogP contribution in [0.25, 0.3) is 5.57 Å². The first kappa shape index (κ1) is 24.8. The average molecular weight is 439 g/mol. The predicted octanol–water partition coefficient (Wildman–Crippen LogP) is 2.00. The fraction of sp³-hybridized carbons (Fsp3) is 0.435. The van der Waals surface area contributed by atoms with Crippen molar-refractivity contribution < 1.29 is 4.74 Å². The van der Waals surface area contributed by atoms with Gasteiger partial charge in [-0.05, 0) is 51.3 Å². The SMILES string of the molecule is CN(C)CCOc1ccc(C(/C=C\N)=C/N)c(N2CCC(C(=N)N(C)C=N)CC2)c1C#N. The van der Waals surface area contributed by atoms with Crippen molar-refractivity contribution in [3.63, 3.8) is 0 Å². The van der Waals surface area contributed by atoms with E-state index in [0.29, 0.717) is 36.8 Å². The number of ether oxygens (including phenoxy) is 1. The summed E-state index contributed by atoms with van der Waals surface area (Å²) in [7, 11) is 5.66. The normalized spacial score (nSPS) is 15.1. The quantitative estimate of drug-likeness (QED) is 0.262. The molecule has 1 aliphatic heterocycles. The van der Waals surface area contributed by atoms with Crippen LogP contribution >= 0.6 is 0 Å². The summed E-state index contributed by atoms with van der Waals surface area (Å²) in [6, 6.07) is 6.06. The Labute approximate surface area is 190 Å². The van der Waals surface area contributed by atoms with Crippen molar-refractivity contribution in [1.82, 2.24) is 9.80 Å². The van der Waals surface area contributed by atoms with Gasteiger partial charge in [-0.15, -0.1) is 0 Å². The molecule has 0 bridgehead atoms. The molecule has 0 aromatic heterocycles. The molecule has 9 heteroatoms. The molecule has 172 valence electrons. The van der Waals surface area contributed by atoms with Gasteiger partial charge in [0.05, 0.1) is 12.0 Å². The summed E-state index contributed by atoms with van der Waals surface area (Å²) in [6.07, 6.45) is 7.29. The van der Waals surface area contributed by atoms with Crippen LogP contribution in [0.3, 0.4) is 0 Å². The Balaban J connectivity index is 2.42. The van der Waals surface area contributed by atoms with E-state index in [-0.39, 0.29) is 5.92 Å². The highest BCUT2D eigenvalue weighted by Gasteiger charge is 2.28. The molecule has 0 saturated carbocycles. The molecule has 6 N–H and O–H groups in total. The van der Waals surface area contributed by atoms with Crippen LogP contribution in [0.1, 0.15) is 24.0 Å². The molecular formula is C23H34N8O. The van der Waals surface area contributed by atoms with E-state index in [1.165, 1.54) is 17.3 Å². The number of nitrogens with zero attached hydrogens (tertiary/aromatic N) is 4. The number of nitrogens with two attached hydrogens (primary N) is 2. The second-order valence-corrected chi connectivity index (χ2v) is 7.97. The van der Waals surface area contributed by atoms with Crippen LogP contribution in [-0.4, -0.2) is 69.4 Å². The maximum atomic E-state index is 10.1. The molecule has 32 heavy (non-hydrogen) atoms. The number of allylic oxidation sites excluding steroid dienone is 2. The van der Waals surface area contributed by atoms with Gasteiger partial charge in [0.15, 0.2) is 0 Å². The second-order valence-electron chi connectivity index (χ2n) is 7.97. The summed E-state index contributed by atoms with van der Waals surface area (Å²) < 4.78 is 5.95. The molecule has 1 heterocycles. The molecule has 1 saturated heterocycles. The van der Waals surface area contributed by atoms with Gasteiger partial charge in [-0.3, -0.25) is 10.8 Å². The van der Waals surface area contributed by atoms with Crippen LogP contribution in [-0.2, 0) is 0 Å². The van der Waals surface area contributed by atoms with Crippen molar-refractivity contribution in [1.29, 1.82) is 16.1 Å². The maximum Gasteiger partial charge on any atom is 0.139 e. The van der Waals surface area contributed by atoms with E-state index >= 15 is 0 Å². The third-order valence-electron chi connectivity index (χ3n) is 5.59. The minimum absolute atomic E-state index is 0.0693. The molecule has 0 aliphatic carbocycles. The molecule has 1 fully saturated rings. The highest BCUT2D eigenvalue weighted by atomic mass is 16.5. The minimum Gasteiger partial charge on any atom is -0.491 e. The van der Waals surface area contributed by atoms with Gasteiger partial charge in [0.2, 0.25) is 0 Å². The van der Waals surface area contributed by atoms with Crippen LogP contribution in [0.4, 0.5) is 5.69 Å². The van der Waals surface area contributed by atoms with Crippen LogP contribution in [0, 0.1) is 28.1 Å². The number of amidine groups is 1. The summed E-state index contributed by atoms with van der Waals surface area (Å²) in [6.45, 7) is 2.55. The molecule has 2 rings (SSSR count). The monoisotopic (exact) mass is 438 g/mol.